The van der Waals surface area contributed by atoms with Crippen molar-refractivity contribution in [2.45, 2.75) is 12.6 Å². The molecule has 0 amide bonds. The minimum atomic E-state index is -0.643. The van der Waals surface area contributed by atoms with Crippen molar-refractivity contribution in [3.63, 3.8) is 0 Å². The Morgan fingerprint density at radius 3 is 2.65 bits per heavy atom. The number of furan rings is 1. The number of aliphatic hydroxyl groups is 1. The maximum absolute atomic E-state index is 9.92. The fourth-order valence-corrected chi connectivity index (χ4v) is 2.54. The van der Waals surface area contributed by atoms with E-state index in [1.807, 2.05) is 12.4 Å². The average Bonchev–Trinajstić information content (AvgIpc) is 3.11. The summed E-state index contributed by atoms with van der Waals surface area (Å²) in [4.78, 5) is 13.4. The van der Waals surface area contributed by atoms with Gasteiger partial charge in [0, 0.05) is 57.2 Å². The zero-order valence-corrected chi connectivity index (χ0v) is 13.4. The molecule has 0 aliphatic carbocycles. The number of hydrogen-bond acceptors (Lipinski definition) is 7. The van der Waals surface area contributed by atoms with Gasteiger partial charge < -0.3 is 24.6 Å². The molecule has 23 heavy (non-hydrogen) atoms. The zero-order chi connectivity index (χ0) is 16.1. The number of piperazine rings is 1. The first kappa shape index (κ1) is 15.9. The molecular weight excluding hydrogens is 294 g/mol. The van der Waals surface area contributed by atoms with Gasteiger partial charge in [-0.2, -0.15) is 0 Å². The van der Waals surface area contributed by atoms with Crippen LogP contribution in [-0.2, 0) is 6.54 Å². The Labute approximate surface area is 135 Å². The van der Waals surface area contributed by atoms with E-state index in [2.05, 4.69) is 32.1 Å². The van der Waals surface area contributed by atoms with Crippen LogP contribution in [0.3, 0.4) is 0 Å². The second-order valence-corrected chi connectivity index (χ2v) is 5.84. The number of nitrogens with zero attached hydrogens (tertiary/aromatic N) is 4. The Kier molecular flexibility index (Phi) is 5.22. The molecule has 0 aromatic carbocycles. The highest BCUT2D eigenvalue weighted by Gasteiger charge is 2.16. The van der Waals surface area contributed by atoms with Gasteiger partial charge in [0.05, 0.1) is 6.26 Å². The van der Waals surface area contributed by atoms with Crippen LogP contribution in [-0.4, -0.2) is 59.7 Å². The van der Waals surface area contributed by atoms with Crippen LogP contribution < -0.4 is 10.2 Å². The van der Waals surface area contributed by atoms with E-state index in [9.17, 15) is 5.11 Å². The molecule has 0 radical (unpaired) electrons. The zero-order valence-electron chi connectivity index (χ0n) is 13.4. The van der Waals surface area contributed by atoms with Crippen molar-refractivity contribution in [1.82, 2.24) is 20.2 Å². The number of aromatic nitrogens is 2. The normalized spacial score (nSPS) is 17.4. The molecule has 0 spiro atoms. The lowest BCUT2D eigenvalue weighted by Gasteiger charge is -2.32. The van der Waals surface area contributed by atoms with Gasteiger partial charge in [0.1, 0.15) is 11.9 Å². The summed E-state index contributed by atoms with van der Waals surface area (Å²) in [6.45, 7) is 5.04. The smallest absolute Gasteiger partial charge is 0.225 e. The van der Waals surface area contributed by atoms with Crippen molar-refractivity contribution in [1.29, 1.82) is 0 Å². The van der Waals surface area contributed by atoms with Gasteiger partial charge in [-0.05, 0) is 19.2 Å². The summed E-state index contributed by atoms with van der Waals surface area (Å²) in [7, 11) is 2.13. The number of anilines is 1. The first-order valence-electron chi connectivity index (χ1n) is 7.89. The van der Waals surface area contributed by atoms with E-state index in [-0.39, 0.29) is 0 Å². The molecule has 0 bridgehead atoms. The topological polar surface area (TPSA) is 77.7 Å². The second-order valence-electron chi connectivity index (χ2n) is 5.84. The molecule has 2 aromatic rings. The molecule has 1 atom stereocenters. The van der Waals surface area contributed by atoms with Gasteiger partial charge in [-0.25, -0.2) is 9.97 Å². The Bertz CT molecular complexity index is 579. The lowest BCUT2D eigenvalue weighted by molar-refractivity contribution is 0.147. The van der Waals surface area contributed by atoms with Crippen LogP contribution >= 0.6 is 0 Å². The molecule has 1 unspecified atom stereocenters. The summed E-state index contributed by atoms with van der Waals surface area (Å²) in [6.07, 6.45) is 4.60. The van der Waals surface area contributed by atoms with Crippen LogP contribution in [0.15, 0.2) is 35.2 Å². The molecule has 2 N–H and O–H groups in total. The predicted molar refractivity (Wildman–Crippen MR) is 87.1 cm³/mol. The molecule has 7 heteroatoms. The van der Waals surface area contributed by atoms with Crippen LogP contribution in [0, 0.1) is 0 Å². The molecular formula is C16H23N5O2. The maximum Gasteiger partial charge on any atom is 0.225 e. The van der Waals surface area contributed by atoms with Gasteiger partial charge in [0.15, 0.2) is 0 Å². The number of nitrogens with one attached hydrogen (secondary N) is 1. The molecule has 1 saturated heterocycles. The number of aliphatic hydroxyl groups excluding tert-OH is 1. The number of hydrogen-bond donors (Lipinski definition) is 2. The maximum atomic E-state index is 9.92. The van der Waals surface area contributed by atoms with Gasteiger partial charge in [0.2, 0.25) is 5.95 Å². The molecule has 3 rings (SSSR count). The van der Waals surface area contributed by atoms with Crippen LogP contribution in [0.5, 0.6) is 0 Å². The Morgan fingerprint density at radius 2 is 2.00 bits per heavy atom. The SMILES string of the molecule is CN1CCN(c2ncc(CNCC(O)c3ccco3)cn2)CC1. The third-order valence-electron chi connectivity index (χ3n) is 4.02. The van der Waals surface area contributed by atoms with Crippen molar-refractivity contribution >= 4 is 5.95 Å². The third-order valence-corrected chi connectivity index (χ3v) is 4.02. The van der Waals surface area contributed by atoms with Crippen molar-refractivity contribution in [2.24, 2.45) is 0 Å². The van der Waals surface area contributed by atoms with E-state index in [0.29, 0.717) is 18.8 Å². The summed E-state index contributed by atoms with van der Waals surface area (Å²) in [5, 5.41) is 13.1. The number of rotatable bonds is 6. The fraction of sp³-hybridized carbons (Fsp3) is 0.500. The van der Waals surface area contributed by atoms with Crippen molar-refractivity contribution in [3.05, 3.63) is 42.1 Å². The van der Waals surface area contributed by atoms with Crippen LogP contribution in [0.1, 0.15) is 17.4 Å². The van der Waals surface area contributed by atoms with E-state index in [0.717, 1.165) is 37.7 Å². The summed E-state index contributed by atoms with van der Waals surface area (Å²) < 4.78 is 5.16. The quantitative estimate of drug-likeness (QED) is 0.810. The molecule has 1 aliphatic heterocycles. The van der Waals surface area contributed by atoms with Crippen LogP contribution in [0.25, 0.3) is 0 Å². The van der Waals surface area contributed by atoms with Crippen molar-refractivity contribution < 1.29 is 9.52 Å². The molecule has 1 fully saturated rings. The lowest BCUT2D eigenvalue weighted by atomic mass is 10.2. The number of likely N-dealkylation sites (N-methyl/N-ethyl adjacent to an activating group) is 1. The van der Waals surface area contributed by atoms with Gasteiger partial charge in [-0.3, -0.25) is 0 Å². The fourth-order valence-electron chi connectivity index (χ4n) is 2.54. The Morgan fingerprint density at radius 1 is 1.26 bits per heavy atom. The van der Waals surface area contributed by atoms with Gasteiger partial charge >= 0.3 is 0 Å². The first-order valence-corrected chi connectivity index (χ1v) is 7.89. The van der Waals surface area contributed by atoms with Crippen LogP contribution in [0.2, 0.25) is 0 Å². The third kappa shape index (κ3) is 4.28. The van der Waals surface area contributed by atoms with Crippen LogP contribution in [0.4, 0.5) is 5.95 Å². The van der Waals surface area contributed by atoms with E-state index < -0.39 is 6.10 Å². The summed E-state index contributed by atoms with van der Waals surface area (Å²) >= 11 is 0. The van der Waals surface area contributed by atoms with E-state index >= 15 is 0 Å². The van der Waals surface area contributed by atoms with E-state index in [1.165, 1.54) is 0 Å². The van der Waals surface area contributed by atoms with Gasteiger partial charge in [0.25, 0.3) is 0 Å². The van der Waals surface area contributed by atoms with Crippen molar-refractivity contribution in [2.75, 3.05) is 44.7 Å². The molecule has 2 aromatic heterocycles. The highest BCUT2D eigenvalue weighted by molar-refractivity contribution is 5.30. The molecule has 1 aliphatic rings. The summed E-state index contributed by atoms with van der Waals surface area (Å²) in [5.41, 5.74) is 0.995. The standard InChI is InChI=1S/C16H23N5O2/c1-20-4-6-21(7-5-20)16-18-10-13(11-19-16)9-17-12-14(22)15-3-2-8-23-15/h2-3,8,10-11,14,17,22H,4-7,9,12H2,1H3. The Balaban J connectivity index is 1.46. The van der Waals surface area contributed by atoms with E-state index in [4.69, 9.17) is 4.42 Å². The van der Waals surface area contributed by atoms with E-state index in [1.54, 1.807) is 18.4 Å². The lowest BCUT2D eigenvalue weighted by Crippen LogP contribution is -2.45. The summed E-state index contributed by atoms with van der Waals surface area (Å²) in [5.74, 6) is 1.36. The first-order chi connectivity index (χ1) is 11.2. The minimum Gasteiger partial charge on any atom is -0.467 e. The molecule has 124 valence electrons. The second kappa shape index (κ2) is 7.54. The Hall–Kier alpha value is -1.96. The highest BCUT2D eigenvalue weighted by Crippen LogP contribution is 2.12. The van der Waals surface area contributed by atoms with Gasteiger partial charge in [-0.15, -0.1) is 0 Å². The largest absolute Gasteiger partial charge is 0.467 e. The van der Waals surface area contributed by atoms with Crippen molar-refractivity contribution in [3.8, 4) is 0 Å². The predicted octanol–water partition coefficient (Wildman–Crippen LogP) is 0.645. The average molecular weight is 317 g/mol. The molecule has 0 saturated carbocycles. The summed E-state index contributed by atoms with van der Waals surface area (Å²) in [6, 6.07) is 3.53. The van der Waals surface area contributed by atoms with Gasteiger partial charge in [-0.1, -0.05) is 0 Å². The molecule has 3 heterocycles. The monoisotopic (exact) mass is 317 g/mol. The minimum absolute atomic E-state index is 0.424. The molecule has 7 nitrogen and oxygen atoms in total. The highest BCUT2D eigenvalue weighted by atomic mass is 16.4.